The molecule has 2 rings (SSSR count). The van der Waals surface area contributed by atoms with E-state index in [9.17, 15) is 9.18 Å². The highest BCUT2D eigenvalue weighted by Gasteiger charge is 2.28. The van der Waals surface area contributed by atoms with E-state index in [4.69, 9.17) is 15.7 Å². The molecule has 0 aliphatic carbocycles. The van der Waals surface area contributed by atoms with Crippen LogP contribution in [0.3, 0.4) is 0 Å². The molecule has 1 atom stereocenters. The van der Waals surface area contributed by atoms with Crippen LogP contribution in [0.15, 0.2) is 18.2 Å². The number of carbonyl (C=O) groups excluding carboxylic acids is 1. The van der Waals surface area contributed by atoms with E-state index in [2.05, 4.69) is 0 Å². The van der Waals surface area contributed by atoms with E-state index < -0.39 is 17.8 Å². The van der Waals surface area contributed by atoms with Gasteiger partial charge in [-0.1, -0.05) is 0 Å². The molecule has 0 aromatic heterocycles. The Morgan fingerprint density at radius 3 is 3.00 bits per heavy atom. The smallest absolute Gasteiger partial charge is 0.242 e. The summed E-state index contributed by atoms with van der Waals surface area (Å²) in [6.07, 6.45) is 0. The summed E-state index contributed by atoms with van der Waals surface area (Å²) < 4.78 is 18.7. The van der Waals surface area contributed by atoms with Crippen LogP contribution in [0.25, 0.3) is 0 Å². The Hall–Kier alpha value is -2.13. The molecule has 1 amide bonds. The summed E-state index contributed by atoms with van der Waals surface area (Å²) in [6, 6.07) is 5.37. The van der Waals surface area contributed by atoms with Crippen molar-refractivity contribution in [2.45, 2.75) is 6.04 Å². The zero-order valence-electron chi connectivity index (χ0n) is 9.60. The number of morpholine rings is 1. The van der Waals surface area contributed by atoms with Crippen LogP contribution in [-0.2, 0) is 9.53 Å². The van der Waals surface area contributed by atoms with E-state index in [1.807, 2.05) is 0 Å². The molecule has 2 N–H and O–H groups in total. The normalized spacial score (nSPS) is 19.3. The summed E-state index contributed by atoms with van der Waals surface area (Å²) in [5.74, 6) is -1.12. The fourth-order valence-electron chi connectivity index (χ4n) is 1.92. The predicted molar refractivity (Wildman–Crippen MR) is 62.3 cm³/mol. The van der Waals surface area contributed by atoms with E-state index in [1.54, 1.807) is 17.0 Å². The highest BCUT2D eigenvalue weighted by atomic mass is 19.1. The molecule has 0 bridgehead atoms. The molecule has 1 aromatic rings. The van der Waals surface area contributed by atoms with Crippen molar-refractivity contribution in [3.05, 3.63) is 29.6 Å². The number of halogens is 1. The third-order valence-electron chi connectivity index (χ3n) is 2.86. The molecule has 1 aliphatic rings. The van der Waals surface area contributed by atoms with Gasteiger partial charge < -0.3 is 15.4 Å². The van der Waals surface area contributed by atoms with E-state index in [-0.39, 0.29) is 12.2 Å². The molecule has 5 nitrogen and oxygen atoms in total. The van der Waals surface area contributed by atoms with Gasteiger partial charge in [-0.05, 0) is 18.2 Å². The summed E-state index contributed by atoms with van der Waals surface area (Å²) in [7, 11) is 0. The molecule has 1 saturated heterocycles. The van der Waals surface area contributed by atoms with Gasteiger partial charge in [0.25, 0.3) is 0 Å². The minimum Gasteiger partial charge on any atom is -0.377 e. The molecule has 0 saturated carbocycles. The van der Waals surface area contributed by atoms with Gasteiger partial charge in [-0.25, -0.2) is 4.39 Å². The van der Waals surface area contributed by atoms with E-state index >= 15 is 0 Å². The van der Waals surface area contributed by atoms with Crippen molar-refractivity contribution < 1.29 is 13.9 Å². The SMILES string of the molecule is N#Cc1ccc(N2CCOCC2C(N)=O)cc1F. The summed E-state index contributed by atoms with van der Waals surface area (Å²) in [5, 5.41) is 8.66. The first-order chi connectivity index (χ1) is 8.63. The first kappa shape index (κ1) is 12.3. The van der Waals surface area contributed by atoms with Crippen molar-refractivity contribution in [2.24, 2.45) is 5.73 Å². The molecular formula is C12H12FN3O2. The van der Waals surface area contributed by atoms with E-state index in [0.29, 0.717) is 18.8 Å². The van der Waals surface area contributed by atoms with Gasteiger partial charge in [-0.2, -0.15) is 5.26 Å². The van der Waals surface area contributed by atoms with Crippen LogP contribution in [0.4, 0.5) is 10.1 Å². The summed E-state index contributed by atoms with van der Waals surface area (Å²) in [4.78, 5) is 13.0. The molecule has 18 heavy (non-hydrogen) atoms. The number of anilines is 1. The number of rotatable bonds is 2. The fraction of sp³-hybridized carbons (Fsp3) is 0.333. The van der Waals surface area contributed by atoms with Crippen molar-refractivity contribution in [3.8, 4) is 6.07 Å². The molecule has 1 aliphatic heterocycles. The lowest BCUT2D eigenvalue weighted by Gasteiger charge is -2.35. The molecule has 1 unspecified atom stereocenters. The number of hydrogen-bond donors (Lipinski definition) is 1. The van der Waals surface area contributed by atoms with Crippen LogP contribution in [0, 0.1) is 17.1 Å². The lowest BCUT2D eigenvalue weighted by Crippen LogP contribution is -2.52. The maximum atomic E-state index is 13.5. The summed E-state index contributed by atoms with van der Waals surface area (Å²) in [5.41, 5.74) is 5.78. The average Bonchev–Trinajstić information content (AvgIpc) is 2.38. The van der Waals surface area contributed by atoms with Crippen molar-refractivity contribution in [3.63, 3.8) is 0 Å². The molecule has 1 fully saturated rings. The molecule has 1 aromatic carbocycles. The number of hydrogen-bond acceptors (Lipinski definition) is 4. The van der Waals surface area contributed by atoms with Crippen LogP contribution < -0.4 is 10.6 Å². The first-order valence-corrected chi connectivity index (χ1v) is 5.47. The number of ether oxygens (including phenoxy) is 1. The molecular weight excluding hydrogens is 237 g/mol. The van der Waals surface area contributed by atoms with Crippen molar-refractivity contribution >= 4 is 11.6 Å². The van der Waals surface area contributed by atoms with Crippen LogP contribution >= 0.6 is 0 Å². The van der Waals surface area contributed by atoms with Gasteiger partial charge in [-0.3, -0.25) is 4.79 Å². The van der Waals surface area contributed by atoms with Gasteiger partial charge in [0.05, 0.1) is 18.8 Å². The monoisotopic (exact) mass is 249 g/mol. The molecule has 1 heterocycles. The highest BCUT2D eigenvalue weighted by molar-refractivity contribution is 5.84. The summed E-state index contributed by atoms with van der Waals surface area (Å²) in [6.45, 7) is 1.10. The molecule has 6 heteroatoms. The highest BCUT2D eigenvalue weighted by Crippen LogP contribution is 2.22. The lowest BCUT2D eigenvalue weighted by atomic mass is 10.1. The van der Waals surface area contributed by atoms with Gasteiger partial charge >= 0.3 is 0 Å². The number of primary amides is 1. The van der Waals surface area contributed by atoms with Crippen LogP contribution in [-0.4, -0.2) is 31.7 Å². The zero-order chi connectivity index (χ0) is 13.1. The van der Waals surface area contributed by atoms with Crippen LogP contribution in [0.1, 0.15) is 5.56 Å². The topological polar surface area (TPSA) is 79.3 Å². The number of nitrogens with zero attached hydrogens (tertiary/aromatic N) is 2. The third-order valence-corrected chi connectivity index (χ3v) is 2.86. The molecule has 0 radical (unpaired) electrons. The maximum absolute atomic E-state index is 13.5. The number of carbonyl (C=O) groups is 1. The second-order valence-electron chi connectivity index (χ2n) is 3.96. The van der Waals surface area contributed by atoms with E-state index in [0.717, 1.165) is 0 Å². The van der Waals surface area contributed by atoms with Crippen molar-refractivity contribution in [1.82, 2.24) is 0 Å². The van der Waals surface area contributed by atoms with Crippen LogP contribution in [0.2, 0.25) is 0 Å². The number of nitriles is 1. The molecule has 94 valence electrons. The van der Waals surface area contributed by atoms with Gasteiger partial charge in [0.15, 0.2) is 0 Å². The number of benzene rings is 1. The Labute approximate surface area is 104 Å². The number of amides is 1. The minimum absolute atomic E-state index is 0.0253. The second kappa shape index (κ2) is 5.02. The van der Waals surface area contributed by atoms with Crippen molar-refractivity contribution in [1.29, 1.82) is 5.26 Å². The van der Waals surface area contributed by atoms with E-state index in [1.165, 1.54) is 12.1 Å². The largest absolute Gasteiger partial charge is 0.377 e. The Morgan fingerprint density at radius 1 is 1.61 bits per heavy atom. The van der Waals surface area contributed by atoms with Gasteiger partial charge in [-0.15, -0.1) is 0 Å². The molecule has 0 spiro atoms. The minimum atomic E-state index is -0.607. The van der Waals surface area contributed by atoms with Gasteiger partial charge in [0, 0.05) is 12.2 Å². The van der Waals surface area contributed by atoms with Crippen molar-refractivity contribution in [2.75, 3.05) is 24.7 Å². The maximum Gasteiger partial charge on any atom is 0.242 e. The second-order valence-corrected chi connectivity index (χ2v) is 3.96. The Kier molecular flexibility index (Phi) is 3.44. The Bertz CT molecular complexity index is 513. The Balaban J connectivity index is 2.32. The quantitative estimate of drug-likeness (QED) is 0.822. The first-order valence-electron chi connectivity index (χ1n) is 5.47. The average molecular weight is 249 g/mol. The Morgan fingerprint density at radius 2 is 2.39 bits per heavy atom. The van der Waals surface area contributed by atoms with Crippen LogP contribution in [0.5, 0.6) is 0 Å². The summed E-state index contributed by atoms with van der Waals surface area (Å²) >= 11 is 0. The fourth-order valence-corrected chi connectivity index (χ4v) is 1.92. The predicted octanol–water partition coefficient (Wildman–Crippen LogP) is 0.388. The van der Waals surface area contributed by atoms with Gasteiger partial charge in [0.2, 0.25) is 5.91 Å². The third kappa shape index (κ3) is 2.26. The standard InChI is InChI=1S/C12H12FN3O2/c13-10-5-9(2-1-8(10)6-14)16-3-4-18-7-11(16)12(15)17/h1-2,5,11H,3-4,7H2,(H2,15,17). The zero-order valence-corrected chi connectivity index (χ0v) is 9.60. The number of nitrogens with two attached hydrogens (primary N) is 1. The lowest BCUT2D eigenvalue weighted by molar-refractivity contribution is -0.121. The van der Waals surface area contributed by atoms with Gasteiger partial charge in [0.1, 0.15) is 17.9 Å².